The van der Waals surface area contributed by atoms with E-state index in [0.717, 1.165) is 16.6 Å². The van der Waals surface area contributed by atoms with Crippen LogP contribution >= 0.6 is 0 Å². The highest BCUT2D eigenvalue weighted by Crippen LogP contribution is 2.11. The van der Waals surface area contributed by atoms with Gasteiger partial charge in [-0.3, -0.25) is 9.66 Å². The molecule has 0 aliphatic carbocycles. The van der Waals surface area contributed by atoms with Crippen LogP contribution in [0.15, 0.2) is 24.5 Å². The molecular formula is C8H9N3. The van der Waals surface area contributed by atoms with Crippen LogP contribution in [0.1, 0.15) is 5.56 Å². The summed E-state index contributed by atoms with van der Waals surface area (Å²) in [6, 6.07) is 3.91. The number of hydrogen-bond acceptors (Lipinski definition) is 2. The first-order valence-corrected chi connectivity index (χ1v) is 3.46. The summed E-state index contributed by atoms with van der Waals surface area (Å²) >= 11 is 0. The van der Waals surface area contributed by atoms with Gasteiger partial charge in [0, 0.05) is 12.4 Å². The Morgan fingerprint density at radius 3 is 3.18 bits per heavy atom. The number of aromatic nitrogens is 2. The first-order chi connectivity index (χ1) is 5.27. The summed E-state index contributed by atoms with van der Waals surface area (Å²) in [5, 5.41) is 0. The monoisotopic (exact) mass is 147 g/mol. The van der Waals surface area contributed by atoms with Crippen LogP contribution in [0, 0.1) is 6.92 Å². The molecule has 2 aromatic rings. The number of rotatable bonds is 0. The van der Waals surface area contributed by atoms with Gasteiger partial charge < -0.3 is 5.84 Å². The molecule has 2 heterocycles. The SMILES string of the molecule is Cc1cnc2ccn(N)c2c1. The smallest absolute Gasteiger partial charge is 0.0901 e. The molecule has 3 heteroatoms. The maximum Gasteiger partial charge on any atom is 0.0901 e. The van der Waals surface area contributed by atoms with Gasteiger partial charge in [-0.15, -0.1) is 0 Å². The molecule has 0 saturated carbocycles. The highest BCUT2D eigenvalue weighted by Gasteiger charge is 1.97. The Morgan fingerprint density at radius 1 is 1.55 bits per heavy atom. The highest BCUT2D eigenvalue weighted by molar-refractivity contribution is 5.76. The lowest BCUT2D eigenvalue weighted by atomic mass is 10.3. The number of hydrogen-bond donors (Lipinski definition) is 1. The summed E-state index contributed by atoms with van der Waals surface area (Å²) in [5.41, 5.74) is 3.05. The molecule has 0 amide bonds. The van der Waals surface area contributed by atoms with E-state index in [9.17, 15) is 0 Å². The lowest BCUT2D eigenvalue weighted by molar-refractivity contribution is 1.06. The van der Waals surface area contributed by atoms with E-state index < -0.39 is 0 Å². The summed E-state index contributed by atoms with van der Waals surface area (Å²) in [4.78, 5) is 4.20. The maximum absolute atomic E-state index is 5.62. The Hall–Kier alpha value is -1.51. The molecule has 0 radical (unpaired) electrons. The molecule has 0 aliphatic rings. The molecule has 0 aliphatic heterocycles. The van der Waals surface area contributed by atoms with Gasteiger partial charge >= 0.3 is 0 Å². The Morgan fingerprint density at radius 2 is 2.36 bits per heavy atom. The van der Waals surface area contributed by atoms with Crippen molar-refractivity contribution in [1.29, 1.82) is 0 Å². The van der Waals surface area contributed by atoms with Gasteiger partial charge in [0.05, 0.1) is 11.0 Å². The van der Waals surface area contributed by atoms with Crippen LogP contribution in [-0.2, 0) is 0 Å². The third-order valence-electron chi connectivity index (χ3n) is 1.71. The van der Waals surface area contributed by atoms with Gasteiger partial charge in [0.25, 0.3) is 0 Å². The van der Waals surface area contributed by atoms with Gasteiger partial charge in [-0.25, -0.2) is 0 Å². The van der Waals surface area contributed by atoms with Gasteiger partial charge in [0.2, 0.25) is 0 Å². The normalized spacial score (nSPS) is 10.6. The predicted octanol–water partition coefficient (Wildman–Crippen LogP) is 1.06. The molecule has 2 aromatic heterocycles. The Balaban J connectivity index is 2.87. The first kappa shape index (κ1) is 6.22. The second kappa shape index (κ2) is 1.99. The van der Waals surface area contributed by atoms with Crippen molar-refractivity contribution in [3.63, 3.8) is 0 Å². The lowest BCUT2D eigenvalue weighted by Gasteiger charge is -1.95. The molecule has 11 heavy (non-hydrogen) atoms. The molecule has 56 valence electrons. The molecule has 0 saturated heterocycles. The van der Waals surface area contributed by atoms with E-state index in [1.54, 1.807) is 10.9 Å². The van der Waals surface area contributed by atoms with Crippen LogP contribution in [-0.4, -0.2) is 9.66 Å². The van der Waals surface area contributed by atoms with E-state index in [4.69, 9.17) is 5.84 Å². The van der Waals surface area contributed by atoms with Crippen molar-refractivity contribution < 1.29 is 0 Å². The summed E-state index contributed by atoms with van der Waals surface area (Å²) in [6.45, 7) is 2.00. The molecule has 2 rings (SSSR count). The molecule has 0 spiro atoms. The largest absolute Gasteiger partial charge is 0.339 e. The standard InChI is InChI=1S/C8H9N3/c1-6-4-8-7(10-5-6)2-3-11(8)9/h2-5H,9H2,1H3. The quantitative estimate of drug-likeness (QED) is 0.566. The summed E-state index contributed by atoms with van der Waals surface area (Å²) < 4.78 is 1.58. The second-order valence-electron chi connectivity index (χ2n) is 2.64. The number of nitrogen functional groups attached to an aromatic ring is 1. The van der Waals surface area contributed by atoms with Crippen LogP contribution in [0.2, 0.25) is 0 Å². The fraction of sp³-hybridized carbons (Fsp3) is 0.125. The minimum absolute atomic E-state index is 0.943. The van der Waals surface area contributed by atoms with Gasteiger partial charge in [0.1, 0.15) is 0 Å². The minimum Gasteiger partial charge on any atom is -0.339 e. The van der Waals surface area contributed by atoms with E-state index in [2.05, 4.69) is 4.98 Å². The predicted molar refractivity (Wildman–Crippen MR) is 44.6 cm³/mol. The average molecular weight is 147 g/mol. The Kier molecular flexibility index (Phi) is 1.12. The van der Waals surface area contributed by atoms with Gasteiger partial charge in [0.15, 0.2) is 0 Å². The molecule has 0 unspecified atom stereocenters. The Bertz CT molecular complexity index is 389. The van der Waals surface area contributed by atoms with Gasteiger partial charge in [-0.2, -0.15) is 0 Å². The molecule has 0 atom stereocenters. The topological polar surface area (TPSA) is 43.8 Å². The van der Waals surface area contributed by atoms with Crippen LogP contribution < -0.4 is 5.84 Å². The van der Waals surface area contributed by atoms with Gasteiger partial charge in [-0.05, 0) is 24.6 Å². The minimum atomic E-state index is 0.943. The van der Waals surface area contributed by atoms with Crippen molar-refractivity contribution in [1.82, 2.24) is 9.66 Å². The van der Waals surface area contributed by atoms with E-state index in [1.807, 2.05) is 25.3 Å². The molecule has 3 nitrogen and oxygen atoms in total. The van der Waals surface area contributed by atoms with E-state index in [1.165, 1.54) is 0 Å². The van der Waals surface area contributed by atoms with Crippen LogP contribution in [0.3, 0.4) is 0 Å². The number of nitrogens with two attached hydrogens (primary N) is 1. The summed E-state index contributed by atoms with van der Waals surface area (Å²) in [6.07, 6.45) is 3.64. The van der Waals surface area contributed by atoms with Crippen LogP contribution in [0.4, 0.5) is 0 Å². The van der Waals surface area contributed by atoms with Crippen molar-refractivity contribution in [2.75, 3.05) is 5.84 Å². The van der Waals surface area contributed by atoms with Crippen molar-refractivity contribution in [3.05, 3.63) is 30.1 Å². The lowest BCUT2D eigenvalue weighted by Crippen LogP contribution is -2.05. The van der Waals surface area contributed by atoms with E-state index in [0.29, 0.717) is 0 Å². The zero-order chi connectivity index (χ0) is 7.84. The molecule has 0 fully saturated rings. The average Bonchev–Trinajstić information content (AvgIpc) is 2.33. The highest BCUT2D eigenvalue weighted by atomic mass is 15.3. The number of aryl methyl sites for hydroxylation is 1. The third kappa shape index (κ3) is 0.852. The van der Waals surface area contributed by atoms with Crippen molar-refractivity contribution in [2.24, 2.45) is 0 Å². The van der Waals surface area contributed by atoms with E-state index in [-0.39, 0.29) is 0 Å². The zero-order valence-electron chi connectivity index (χ0n) is 6.28. The number of fused-ring (bicyclic) bond motifs is 1. The molecule has 0 aromatic carbocycles. The van der Waals surface area contributed by atoms with Crippen LogP contribution in [0.25, 0.3) is 11.0 Å². The van der Waals surface area contributed by atoms with Crippen molar-refractivity contribution in [3.8, 4) is 0 Å². The first-order valence-electron chi connectivity index (χ1n) is 3.46. The molecule has 0 bridgehead atoms. The fourth-order valence-corrected chi connectivity index (χ4v) is 1.13. The molecule has 2 N–H and O–H groups in total. The number of pyridine rings is 1. The van der Waals surface area contributed by atoms with Crippen molar-refractivity contribution >= 4 is 11.0 Å². The third-order valence-corrected chi connectivity index (χ3v) is 1.71. The van der Waals surface area contributed by atoms with Crippen molar-refractivity contribution in [2.45, 2.75) is 6.92 Å². The second-order valence-corrected chi connectivity index (χ2v) is 2.64. The summed E-state index contributed by atoms with van der Waals surface area (Å²) in [5.74, 6) is 5.62. The maximum atomic E-state index is 5.62. The Labute approximate surface area is 64.4 Å². The number of nitrogens with zero attached hydrogens (tertiary/aromatic N) is 2. The fourth-order valence-electron chi connectivity index (χ4n) is 1.13. The zero-order valence-corrected chi connectivity index (χ0v) is 6.28. The molecular weight excluding hydrogens is 138 g/mol. The van der Waals surface area contributed by atoms with Gasteiger partial charge in [-0.1, -0.05) is 0 Å². The van der Waals surface area contributed by atoms with E-state index >= 15 is 0 Å². The summed E-state index contributed by atoms with van der Waals surface area (Å²) in [7, 11) is 0. The van der Waals surface area contributed by atoms with Crippen LogP contribution in [0.5, 0.6) is 0 Å².